The lowest BCUT2D eigenvalue weighted by molar-refractivity contribution is 0.104. The van der Waals surface area contributed by atoms with E-state index in [0.717, 1.165) is 0 Å². The molecule has 0 N–H and O–H groups in total. The van der Waals surface area contributed by atoms with E-state index in [4.69, 9.17) is 7.81 Å². The molecular formula is C2H2O4S2+2. The maximum atomic E-state index is 5.68. The van der Waals surface area contributed by atoms with Crippen LogP contribution in [-0.2, 0) is 14.3 Å². The van der Waals surface area contributed by atoms with Crippen molar-refractivity contribution in [2.75, 3.05) is 5.94 Å². The molecule has 0 bridgehead atoms. The maximum Gasteiger partial charge on any atom is 0.708 e. The molecule has 3 spiro atoms. The zero-order valence-corrected chi connectivity index (χ0v) is 5.29. The quantitative estimate of drug-likeness (QED) is 0.294. The van der Waals surface area contributed by atoms with E-state index in [1.165, 1.54) is 5.94 Å². The van der Waals surface area contributed by atoms with Gasteiger partial charge in [0.2, 0.25) is 0 Å². The molecule has 8 heterocycles. The number of hydrogen-bond acceptors (Lipinski definition) is 2. The van der Waals surface area contributed by atoms with Gasteiger partial charge in [-0.1, -0.05) is 7.44 Å². The van der Waals surface area contributed by atoms with Gasteiger partial charge < -0.3 is 0 Å². The van der Waals surface area contributed by atoms with Crippen molar-refractivity contribution in [2.24, 2.45) is 0 Å². The van der Waals surface area contributed by atoms with Crippen molar-refractivity contribution in [3.8, 4) is 0 Å². The molecule has 8 heavy (non-hydrogen) atoms. The van der Waals surface area contributed by atoms with Crippen molar-refractivity contribution in [1.82, 2.24) is 0 Å². The Kier molecular flexibility index (Phi) is 0.0446. The first kappa shape index (κ1) is 2.30. The van der Waals surface area contributed by atoms with E-state index in [9.17, 15) is 0 Å². The van der Waals surface area contributed by atoms with Gasteiger partial charge >= 0.3 is 27.0 Å². The van der Waals surface area contributed by atoms with Crippen LogP contribution < -0.4 is 0 Å². The highest BCUT2D eigenvalue weighted by atomic mass is 33.6. The fourth-order valence-corrected chi connectivity index (χ4v) is 41.9. The summed E-state index contributed by atoms with van der Waals surface area (Å²) in [5.41, 5.74) is 0. The van der Waals surface area contributed by atoms with E-state index in [0.29, 0.717) is 4.45 Å². The van der Waals surface area contributed by atoms with E-state index in [1.807, 2.05) is 0 Å². The van der Waals surface area contributed by atoms with Gasteiger partial charge in [-0.25, -0.2) is 0 Å². The van der Waals surface area contributed by atoms with E-state index in [-0.39, 0.29) is 0 Å². The van der Waals surface area contributed by atoms with Crippen LogP contribution in [0.25, 0.3) is 0 Å². The van der Waals surface area contributed by atoms with Crippen LogP contribution in [0.15, 0.2) is 0 Å². The van der Waals surface area contributed by atoms with Gasteiger partial charge in [-0.3, -0.25) is 0 Å². The Morgan fingerprint density at radius 1 is 1.62 bits per heavy atom. The van der Waals surface area contributed by atoms with Crippen LogP contribution in [0.5, 0.6) is 0 Å². The van der Waals surface area contributed by atoms with Gasteiger partial charge in [-0.05, 0) is 3.63 Å². The average Bonchev–Trinajstić information content (AvgIpc) is 2.42. The second kappa shape index (κ2) is 0.156. The predicted octanol–water partition coefficient (Wildman–Crippen LogP) is 0.860. The molecule has 8 aliphatic rings. The molecule has 8 aliphatic heterocycles. The Morgan fingerprint density at radius 2 is 2.38 bits per heavy atom. The average molecular weight is 154 g/mol. The molecule has 0 aromatic carbocycles. The minimum absolute atomic E-state index is 0.338. The lowest BCUT2D eigenvalue weighted by Gasteiger charge is -2.01. The highest BCUT2D eigenvalue weighted by Gasteiger charge is 4.34. The Bertz CT molecular complexity index is 450. The second-order valence-electron chi connectivity index (χ2n) is 3.76. The van der Waals surface area contributed by atoms with Gasteiger partial charge in [-0.2, -0.15) is 0 Å². The molecule has 0 radical (unpaired) electrons. The van der Waals surface area contributed by atoms with Crippen LogP contribution in [0, 0.1) is 0 Å². The Labute approximate surface area is 42.0 Å². The third kappa shape index (κ3) is 0.0164. The third-order valence-corrected chi connectivity index (χ3v) is 29.0. The smallest absolute Gasteiger partial charge is 0.134 e. The Hall–Kier alpha value is 0.540. The van der Waals surface area contributed by atoms with Crippen molar-refractivity contribution in [3.05, 3.63) is 0 Å². The molecule has 8 fully saturated rings. The van der Waals surface area contributed by atoms with E-state index < -0.39 is 16.6 Å². The second-order valence-corrected chi connectivity index (χ2v) is 17.4. The summed E-state index contributed by atoms with van der Waals surface area (Å²) >= 11 is 0. The van der Waals surface area contributed by atoms with Crippen molar-refractivity contribution < 1.29 is 14.3 Å². The molecular weight excluding hydrogens is 152 g/mol. The zero-order valence-electron chi connectivity index (χ0n) is 3.66. The topological polar surface area (TPSA) is 30.5 Å². The molecule has 0 aromatic rings. The summed E-state index contributed by atoms with van der Waals surface area (Å²) in [4.78, 5) is 0. The number of rotatable bonds is 0. The van der Waals surface area contributed by atoms with Crippen LogP contribution >= 0.6 is 16.6 Å². The lowest BCUT2D eigenvalue weighted by Crippen LogP contribution is -1.95. The van der Waals surface area contributed by atoms with Crippen molar-refractivity contribution >= 4 is 16.6 Å². The minimum atomic E-state index is -1.95. The molecule has 0 saturated carbocycles. The highest BCUT2D eigenvalue weighted by molar-refractivity contribution is 9.84. The van der Waals surface area contributed by atoms with Crippen molar-refractivity contribution in [3.63, 3.8) is 0 Å². The largest absolute Gasteiger partial charge is 0.708 e. The molecule has 1 atom stereocenters. The van der Waals surface area contributed by atoms with Crippen LogP contribution in [0.1, 0.15) is 0 Å². The monoisotopic (exact) mass is 154 g/mol. The highest BCUT2D eigenvalue weighted by Crippen LogP contribution is 4.29. The fraction of sp³-hybridized carbons (Fsp3) is 1.00. The molecule has 0 aromatic heterocycles. The third-order valence-electron chi connectivity index (χ3n) is 4.43. The molecule has 4 nitrogen and oxygen atoms in total. The first-order valence-electron chi connectivity index (χ1n) is 2.73. The molecule has 0 unspecified atom stereocenters. The predicted molar refractivity (Wildman–Crippen MR) is 27.1 cm³/mol. The zero-order chi connectivity index (χ0) is 4.59. The van der Waals surface area contributed by atoms with E-state index in [2.05, 4.69) is 6.52 Å². The van der Waals surface area contributed by atoms with Gasteiger partial charge in [0.1, 0.15) is 0 Å². The molecule has 8 rings (SSSR count). The van der Waals surface area contributed by atoms with Crippen molar-refractivity contribution in [1.29, 1.82) is 0 Å². The molecule has 8 saturated heterocycles. The Morgan fingerprint density at radius 3 is 2.38 bits per heavy atom. The summed E-state index contributed by atoms with van der Waals surface area (Å²) in [5.74, 6) is 1.20. The first-order valence-corrected chi connectivity index (χ1v) is 7.79. The summed E-state index contributed by atoms with van der Waals surface area (Å²) in [6.07, 6.45) is 0. The maximum absolute atomic E-state index is 5.68. The molecule has 44 valence electrons. The summed E-state index contributed by atoms with van der Waals surface area (Å²) in [7, 11) is -3.63. The van der Waals surface area contributed by atoms with E-state index >= 15 is 0 Å². The molecule has 0 aliphatic carbocycles. The summed E-state index contributed by atoms with van der Waals surface area (Å²) in [6, 6.07) is 0. The number of hydrogen-bond donors (Lipinski definition) is 0. The van der Waals surface area contributed by atoms with E-state index in [1.54, 1.807) is 0 Å². The van der Waals surface area contributed by atoms with Gasteiger partial charge in [-0.15, -0.1) is 3.26 Å². The lowest BCUT2D eigenvalue weighted by atomic mass is 11.5. The SMILES string of the molecule is C1[O+]2S1345OS2316O[C@]41[O+]56. The molecule has 0 amide bonds. The van der Waals surface area contributed by atoms with Crippen LogP contribution in [0.3, 0.4) is 0 Å². The Balaban J connectivity index is 2.52. The van der Waals surface area contributed by atoms with Crippen molar-refractivity contribution in [2.45, 2.75) is 4.45 Å². The standard InChI is InChI=1S/C2H2O4S2/c1-5-7(1)2-3-8(2,5,7,4-7)6(2)7/h1H2/q+2/t2-/m0/s1. The van der Waals surface area contributed by atoms with Gasteiger partial charge in [0.25, 0.3) is 0 Å². The first-order chi connectivity index (χ1) is 3.72. The minimum Gasteiger partial charge on any atom is -0.134 e. The normalized spacial score (nSPS) is 118. The van der Waals surface area contributed by atoms with Crippen LogP contribution in [-0.4, -0.2) is 10.4 Å². The van der Waals surface area contributed by atoms with Crippen LogP contribution in [0.2, 0.25) is 0 Å². The molecule has 6 heteroatoms. The fourth-order valence-electron chi connectivity index (χ4n) is 3.95. The van der Waals surface area contributed by atoms with Crippen LogP contribution in [0.4, 0.5) is 0 Å². The van der Waals surface area contributed by atoms with Gasteiger partial charge in [0, 0.05) is 0 Å². The summed E-state index contributed by atoms with van der Waals surface area (Å²) in [6.45, 7) is 0. The summed E-state index contributed by atoms with van der Waals surface area (Å²) in [5, 5.41) is 0. The summed E-state index contributed by atoms with van der Waals surface area (Å²) < 4.78 is 18.1. The van der Waals surface area contributed by atoms with Gasteiger partial charge in [0.15, 0.2) is 0 Å². The van der Waals surface area contributed by atoms with Gasteiger partial charge in [0.05, 0.1) is 0 Å².